The van der Waals surface area contributed by atoms with E-state index in [0.717, 1.165) is 0 Å². The smallest absolute Gasteiger partial charge is 0.550 e. The van der Waals surface area contributed by atoms with Gasteiger partial charge < -0.3 is 38.1 Å². The van der Waals surface area contributed by atoms with E-state index in [4.69, 9.17) is 42.7 Å². The number of carbonyl (C=O) groups excluding carboxylic acids is 2. The van der Waals surface area contributed by atoms with Gasteiger partial charge in [0.05, 0.1) is 0 Å². The van der Waals surface area contributed by atoms with Crippen molar-refractivity contribution in [3.8, 4) is 12.2 Å². The third-order valence-corrected chi connectivity index (χ3v) is 4.59. The molecule has 0 aliphatic heterocycles. The predicted octanol–water partition coefficient (Wildman–Crippen LogP) is -3.86. The zero-order chi connectivity index (χ0) is 24.5. The molecule has 0 saturated carbocycles. The minimum absolute atomic E-state index is 0. The molecular weight excluding hydrogens is 563 g/mol. The Morgan fingerprint density at radius 3 is 1.39 bits per heavy atom. The second kappa shape index (κ2) is 17.1. The van der Waals surface area contributed by atoms with E-state index in [0.29, 0.717) is 22.2 Å². The van der Waals surface area contributed by atoms with Gasteiger partial charge in [0.2, 0.25) is 0 Å². The van der Waals surface area contributed by atoms with Crippen molar-refractivity contribution in [3.63, 3.8) is 0 Å². The van der Waals surface area contributed by atoms with E-state index in [1.54, 1.807) is 24.3 Å². The number of hydrogen-bond donors (Lipinski definition) is 0. The second-order valence-electron chi connectivity index (χ2n) is 6.59. The Bertz CT molecular complexity index is 1170. The number of thiocarbonyl (C=S) groups is 2. The molecule has 0 spiro atoms. The molecule has 2 aromatic carbocycles. The molecule has 0 atom stereocenters. The minimum atomic E-state index is -1.17. The van der Waals surface area contributed by atoms with Crippen LogP contribution in [0.3, 0.4) is 0 Å². The summed E-state index contributed by atoms with van der Waals surface area (Å²) in [7, 11) is 0. The van der Waals surface area contributed by atoms with Crippen LogP contribution >= 0.6 is 24.4 Å². The molecule has 0 fully saturated rings. The van der Waals surface area contributed by atoms with E-state index in [1.165, 1.54) is 0 Å². The van der Waals surface area contributed by atoms with Crippen LogP contribution in [-0.2, 0) is 9.59 Å². The number of oxazole rings is 2. The summed E-state index contributed by atoms with van der Waals surface area (Å²) in [5.41, 5.74) is 2.49. The maximum atomic E-state index is 10.2. The molecule has 2 heterocycles. The molecule has 0 N–H and O–H groups in total. The molecular formula is C22H16K2N2O8S2. The van der Waals surface area contributed by atoms with Gasteiger partial charge in [-0.15, -0.1) is 0 Å². The average Bonchev–Trinajstić information content (AvgIpc) is 3.39. The molecule has 0 unspecified atom stereocenters. The van der Waals surface area contributed by atoms with Gasteiger partial charge in [-0.1, -0.05) is 24.3 Å². The van der Waals surface area contributed by atoms with Crippen LogP contribution in [0.4, 0.5) is 0 Å². The Kier molecular flexibility index (Phi) is 15.8. The van der Waals surface area contributed by atoms with Gasteiger partial charge in [0.1, 0.15) is 11.0 Å². The minimum Gasteiger partial charge on any atom is -0.550 e. The predicted molar refractivity (Wildman–Crippen MR) is 123 cm³/mol. The number of ether oxygens (including phenoxy) is 2. The van der Waals surface area contributed by atoms with E-state index in [1.807, 2.05) is 24.3 Å². The number of rotatable bonds is 8. The summed E-state index contributed by atoms with van der Waals surface area (Å²) in [6.45, 7) is 0. The molecule has 2 aromatic heterocycles. The topological polar surface area (TPSA) is 151 Å². The molecule has 36 heavy (non-hydrogen) atoms. The normalized spacial score (nSPS) is 9.78. The van der Waals surface area contributed by atoms with Crippen molar-refractivity contribution in [2.45, 2.75) is 25.7 Å². The standard InChI is InChI=1S/2C11H9NO4S.2K/c2*13-9(14)5-6-10(17)16-11-12-7-3-1-2-4-8(7)15-11;;/h2*1-4H,5-6H2,(H,13,14);;/q;;2*+1/p-2. The quantitative estimate of drug-likeness (QED) is 0.149. The number of nitrogens with zero attached hydrogens (tertiary/aromatic N) is 2. The number of carboxylic acids is 2. The Labute approximate surface area is 301 Å². The van der Waals surface area contributed by atoms with E-state index in [9.17, 15) is 19.8 Å². The maximum Gasteiger partial charge on any atom is 1.00 e. The monoisotopic (exact) mass is 578 g/mol. The molecule has 10 nitrogen and oxygen atoms in total. The van der Waals surface area contributed by atoms with Crippen LogP contribution < -0.4 is 122 Å². The number of fused-ring (bicyclic) bond motifs is 2. The van der Waals surface area contributed by atoms with E-state index in [2.05, 4.69) is 9.97 Å². The first kappa shape index (κ1) is 33.4. The SMILES string of the molecule is O=C([O-])CCC(=S)Oc1nc2ccccc2o1.O=C([O-])CCC(=S)Oc1nc2ccccc2o1.[K+].[K+]. The number of carbonyl (C=O) groups is 2. The number of carboxylic acid groups (broad SMARTS) is 2. The molecule has 0 amide bonds. The Morgan fingerprint density at radius 2 is 1.06 bits per heavy atom. The van der Waals surface area contributed by atoms with E-state index >= 15 is 0 Å². The Balaban J connectivity index is 0.000000341. The molecule has 0 saturated heterocycles. The summed E-state index contributed by atoms with van der Waals surface area (Å²) in [5.74, 6) is -2.35. The van der Waals surface area contributed by atoms with Crippen LogP contribution in [0.25, 0.3) is 22.2 Å². The Hall–Kier alpha value is -0.627. The van der Waals surface area contributed by atoms with Crippen molar-refractivity contribution >= 4 is 68.7 Å². The zero-order valence-corrected chi connectivity index (χ0v) is 27.3. The summed E-state index contributed by atoms with van der Waals surface area (Å²) in [5, 5.41) is 20.7. The fraction of sp³-hybridized carbons (Fsp3) is 0.182. The molecule has 4 rings (SSSR count). The van der Waals surface area contributed by atoms with Crippen molar-refractivity contribution in [1.29, 1.82) is 0 Å². The summed E-state index contributed by atoms with van der Waals surface area (Å²) in [4.78, 5) is 28.5. The van der Waals surface area contributed by atoms with Gasteiger partial charge in [0, 0.05) is 24.8 Å². The number of aromatic nitrogens is 2. The van der Waals surface area contributed by atoms with Gasteiger partial charge in [-0.2, -0.15) is 9.97 Å². The van der Waals surface area contributed by atoms with E-state index in [-0.39, 0.29) is 151 Å². The largest absolute Gasteiger partial charge is 1.00 e. The summed E-state index contributed by atoms with van der Waals surface area (Å²) in [6.07, 6.45) is -0.130. The molecule has 0 radical (unpaired) electrons. The fourth-order valence-corrected chi connectivity index (χ4v) is 2.84. The van der Waals surface area contributed by atoms with Crippen molar-refractivity contribution in [2.75, 3.05) is 0 Å². The maximum absolute atomic E-state index is 10.2. The molecule has 0 aliphatic rings. The van der Waals surface area contributed by atoms with Gasteiger partial charge in [-0.3, -0.25) is 0 Å². The number of para-hydroxylation sites is 4. The van der Waals surface area contributed by atoms with Crippen LogP contribution in [-0.4, -0.2) is 32.0 Å². The van der Waals surface area contributed by atoms with Crippen molar-refractivity contribution in [1.82, 2.24) is 9.97 Å². The van der Waals surface area contributed by atoms with Crippen molar-refractivity contribution in [3.05, 3.63) is 48.5 Å². The van der Waals surface area contributed by atoms with Crippen LogP contribution in [0.15, 0.2) is 57.4 Å². The van der Waals surface area contributed by atoms with E-state index < -0.39 is 11.9 Å². The third-order valence-electron chi connectivity index (χ3n) is 4.02. The molecule has 0 aliphatic carbocycles. The first-order valence-corrected chi connectivity index (χ1v) is 10.6. The summed E-state index contributed by atoms with van der Waals surface area (Å²) < 4.78 is 20.7. The Morgan fingerprint density at radius 1 is 0.694 bits per heavy atom. The summed E-state index contributed by atoms with van der Waals surface area (Å²) >= 11 is 9.69. The number of aliphatic carboxylic acids is 2. The van der Waals surface area contributed by atoms with Crippen LogP contribution in [0.2, 0.25) is 0 Å². The molecule has 176 valence electrons. The first-order valence-electron chi connectivity index (χ1n) is 9.82. The van der Waals surface area contributed by atoms with Gasteiger partial charge in [0.15, 0.2) is 21.3 Å². The second-order valence-corrected chi connectivity index (χ2v) is 7.50. The third kappa shape index (κ3) is 11.4. The van der Waals surface area contributed by atoms with Gasteiger partial charge in [-0.05, 0) is 61.5 Å². The van der Waals surface area contributed by atoms with Crippen molar-refractivity contribution in [2.24, 2.45) is 0 Å². The zero-order valence-electron chi connectivity index (χ0n) is 19.4. The van der Waals surface area contributed by atoms with Crippen LogP contribution in [0, 0.1) is 0 Å². The molecule has 14 heteroatoms. The number of hydrogen-bond acceptors (Lipinski definition) is 12. The number of benzene rings is 2. The van der Waals surface area contributed by atoms with Gasteiger partial charge >= 0.3 is 115 Å². The molecule has 0 bridgehead atoms. The first-order chi connectivity index (χ1) is 16.3. The average molecular weight is 579 g/mol. The van der Waals surface area contributed by atoms with Crippen LogP contribution in [0.1, 0.15) is 25.7 Å². The van der Waals surface area contributed by atoms with Crippen molar-refractivity contribution < 1.29 is 141 Å². The van der Waals surface area contributed by atoms with Gasteiger partial charge in [0.25, 0.3) is 0 Å². The van der Waals surface area contributed by atoms with Crippen LogP contribution in [0.5, 0.6) is 12.2 Å². The van der Waals surface area contributed by atoms with Gasteiger partial charge in [-0.25, -0.2) is 0 Å². The fourth-order valence-electron chi connectivity index (χ4n) is 2.49. The summed E-state index contributed by atoms with van der Waals surface area (Å²) in [6, 6.07) is 14.3. The molecule has 4 aromatic rings.